The Morgan fingerprint density at radius 1 is 0.838 bits per heavy atom. The molecule has 2 atom stereocenters. The van der Waals surface area contributed by atoms with E-state index >= 15 is 0 Å². The molecule has 0 N–H and O–H groups in total. The average Bonchev–Trinajstić information content (AvgIpc) is 2.91. The molecule has 0 amide bonds. The maximum atomic E-state index is 12.8. The SMILES string of the molecule is CC(C)(C)[Si](C)(C)OC[C@H]1OC(=O)CC/C=C\C[C@@H]1O[Si](c1ccccc1)(c1ccccc1)C(C)(C)C. The van der Waals surface area contributed by atoms with E-state index in [-0.39, 0.29) is 22.1 Å². The van der Waals surface area contributed by atoms with Crippen LogP contribution in [0, 0.1) is 0 Å². The summed E-state index contributed by atoms with van der Waals surface area (Å²) in [6, 6.07) is 21.3. The standard InChI is InChI=1S/C31H46O4Si2/c1-30(2,3)36(7,8)33-24-28-27(22-16-11-17-23-29(32)34-28)35-37(31(4,5)6,25-18-12-9-13-19-25)26-20-14-10-15-21-26/h9-16,18-21,27-28H,17,22-24H2,1-8H3/b16-11-/t27-,28+/m0/s1. The molecule has 1 aliphatic heterocycles. The van der Waals surface area contributed by atoms with Gasteiger partial charge in [-0.2, -0.15) is 0 Å². The number of hydrogen-bond donors (Lipinski definition) is 0. The maximum Gasteiger partial charge on any atom is 0.306 e. The van der Waals surface area contributed by atoms with Crippen molar-refractivity contribution >= 4 is 33.0 Å². The topological polar surface area (TPSA) is 44.8 Å². The number of carbonyl (C=O) groups is 1. The molecule has 0 radical (unpaired) electrons. The average molecular weight is 539 g/mol. The first-order valence-corrected chi connectivity index (χ1v) is 18.4. The first-order valence-electron chi connectivity index (χ1n) is 13.6. The zero-order valence-corrected chi connectivity index (χ0v) is 26.0. The van der Waals surface area contributed by atoms with Crippen LogP contribution in [0.2, 0.25) is 23.2 Å². The maximum absolute atomic E-state index is 12.8. The first kappa shape index (κ1) is 29.6. The minimum Gasteiger partial charge on any atom is -0.457 e. The van der Waals surface area contributed by atoms with Crippen molar-refractivity contribution < 1.29 is 18.4 Å². The van der Waals surface area contributed by atoms with Gasteiger partial charge in [0.05, 0.1) is 12.7 Å². The molecule has 2 aromatic rings. The summed E-state index contributed by atoms with van der Waals surface area (Å²) in [5, 5.41) is 2.32. The van der Waals surface area contributed by atoms with Crippen LogP contribution in [0.15, 0.2) is 72.8 Å². The molecule has 1 heterocycles. The van der Waals surface area contributed by atoms with Crippen molar-refractivity contribution in [1.29, 1.82) is 0 Å². The second kappa shape index (κ2) is 11.8. The van der Waals surface area contributed by atoms with Gasteiger partial charge in [0.2, 0.25) is 0 Å². The van der Waals surface area contributed by atoms with Gasteiger partial charge in [-0.1, -0.05) is 114 Å². The Morgan fingerprint density at radius 2 is 1.38 bits per heavy atom. The van der Waals surface area contributed by atoms with Crippen molar-refractivity contribution in [2.75, 3.05) is 6.61 Å². The Bertz CT molecular complexity index is 997. The predicted molar refractivity (Wildman–Crippen MR) is 159 cm³/mol. The molecule has 202 valence electrons. The van der Waals surface area contributed by atoms with Gasteiger partial charge in [0, 0.05) is 6.42 Å². The Morgan fingerprint density at radius 3 is 1.86 bits per heavy atom. The Balaban J connectivity index is 2.11. The van der Waals surface area contributed by atoms with Crippen molar-refractivity contribution in [3.05, 3.63) is 72.8 Å². The number of rotatable bonds is 7. The molecule has 0 fully saturated rings. The normalized spacial score (nSPS) is 20.9. The molecule has 3 rings (SSSR count). The number of esters is 1. The predicted octanol–water partition coefficient (Wildman–Crippen LogP) is 6.61. The molecule has 37 heavy (non-hydrogen) atoms. The van der Waals surface area contributed by atoms with Crippen molar-refractivity contribution in [2.45, 2.75) is 96.2 Å². The molecule has 0 saturated heterocycles. The summed E-state index contributed by atoms with van der Waals surface area (Å²) >= 11 is 0. The molecular weight excluding hydrogens is 493 g/mol. The molecule has 1 aliphatic rings. The van der Waals surface area contributed by atoms with Crippen LogP contribution >= 0.6 is 0 Å². The summed E-state index contributed by atoms with van der Waals surface area (Å²) in [6.45, 7) is 18.3. The summed E-state index contributed by atoms with van der Waals surface area (Å²) in [7, 11) is -4.90. The monoisotopic (exact) mass is 538 g/mol. The lowest BCUT2D eigenvalue weighted by Crippen LogP contribution is -2.68. The summed E-state index contributed by atoms with van der Waals surface area (Å²) in [5.41, 5.74) is 0. The van der Waals surface area contributed by atoms with Crippen LogP contribution in [0.1, 0.15) is 60.8 Å². The van der Waals surface area contributed by atoms with Gasteiger partial charge in [-0.25, -0.2) is 0 Å². The highest BCUT2D eigenvalue weighted by Crippen LogP contribution is 2.40. The number of benzene rings is 2. The van der Waals surface area contributed by atoms with Gasteiger partial charge in [0.15, 0.2) is 8.32 Å². The molecule has 2 aromatic carbocycles. The smallest absolute Gasteiger partial charge is 0.306 e. The Kier molecular flexibility index (Phi) is 9.43. The van der Waals surface area contributed by atoms with Crippen LogP contribution < -0.4 is 10.4 Å². The van der Waals surface area contributed by atoms with E-state index in [1.54, 1.807) is 0 Å². The van der Waals surface area contributed by atoms with E-state index in [0.29, 0.717) is 25.9 Å². The van der Waals surface area contributed by atoms with Crippen LogP contribution in [-0.2, 0) is 18.4 Å². The van der Waals surface area contributed by atoms with Gasteiger partial charge in [-0.3, -0.25) is 4.79 Å². The lowest BCUT2D eigenvalue weighted by molar-refractivity contribution is -0.156. The highest BCUT2D eigenvalue weighted by molar-refractivity contribution is 6.99. The van der Waals surface area contributed by atoms with Crippen molar-refractivity contribution in [3.63, 3.8) is 0 Å². The molecule has 0 spiro atoms. The third-order valence-corrected chi connectivity index (χ3v) is 17.5. The molecule has 0 aromatic heterocycles. The lowest BCUT2D eigenvalue weighted by Gasteiger charge is -2.46. The summed E-state index contributed by atoms with van der Waals surface area (Å²) in [5.74, 6) is -0.188. The number of allylic oxidation sites excluding steroid dienone is 1. The largest absolute Gasteiger partial charge is 0.457 e. The van der Waals surface area contributed by atoms with Gasteiger partial charge < -0.3 is 13.6 Å². The fraction of sp³-hybridized carbons (Fsp3) is 0.516. The zero-order valence-electron chi connectivity index (χ0n) is 24.0. The van der Waals surface area contributed by atoms with E-state index in [4.69, 9.17) is 13.6 Å². The summed E-state index contributed by atoms with van der Waals surface area (Å²) < 4.78 is 20.2. The van der Waals surface area contributed by atoms with E-state index in [9.17, 15) is 4.79 Å². The van der Waals surface area contributed by atoms with Crippen molar-refractivity contribution in [3.8, 4) is 0 Å². The van der Waals surface area contributed by atoms with Crippen LogP contribution in [-0.4, -0.2) is 41.4 Å². The molecule has 0 unspecified atom stereocenters. The zero-order chi connectivity index (χ0) is 27.3. The van der Waals surface area contributed by atoms with E-state index in [1.807, 2.05) is 0 Å². The van der Waals surface area contributed by atoms with Crippen LogP contribution in [0.3, 0.4) is 0 Å². The molecule has 0 aliphatic carbocycles. The number of hydrogen-bond acceptors (Lipinski definition) is 4. The van der Waals surface area contributed by atoms with Gasteiger partial charge in [0.25, 0.3) is 8.32 Å². The van der Waals surface area contributed by atoms with Crippen LogP contribution in [0.25, 0.3) is 0 Å². The van der Waals surface area contributed by atoms with Gasteiger partial charge in [-0.15, -0.1) is 0 Å². The van der Waals surface area contributed by atoms with Crippen molar-refractivity contribution in [1.82, 2.24) is 0 Å². The van der Waals surface area contributed by atoms with E-state index in [1.165, 1.54) is 10.4 Å². The van der Waals surface area contributed by atoms with Gasteiger partial charge in [0.1, 0.15) is 6.10 Å². The molecule has 0 bridgehead atoms. The fourth-order valence-corrected chi connectivity index (χ4v) is 10.4. The highest BCUT2D eigenvalue weighted by Gasteiger charge is 2.52. The molecule has 0 saturated carbocycles. The van der Waals surface area contributed by atoms with E-state index < -0.39 is 22.7 Å². The molecule has 4 nitrogen and oxygen atoms in total. The number of ether oxygens (including phenoxy) is 1. The fourth-order valence-electron chi connectivity index (χ4n) is 4.70. The van der Waals surface area contributed by atoms with E-state index in [2.05, 4.69) is 127 Å². The Labute approximate surface area is 226 Å². The summed E-state index contributed by atoms with van der Waals surface area (Å²) in [6.07, 6.45) is 5.16. The highest BCUT2D eigenvalue weighted by atomic mass is 28.4. The third-order valence-electron chi connectivity index (χ3n) is 7.91. The number of cyclic esters (lactones) is 1. The number of carbonyl (C=O) groups excluding carboxylic acids is 1. The summed E-state index contributed by atoms with van der Waals surface area (Å²) in [4.78, 5) is 12.8. The van der Waals surface area contributed by atoms with Crippen LogP contribution in [0.4, 0.5) is 0 Å². The van der Waals surface area contributed by atoms with E-state index in [0.717, 1.165) is 0 Å². The second-order valence-corrected chi connectivity index (χ2v) is 21.7. The van der Waals surface area contributed by atoms with Crippen molar-refractivity contribution in [2.24, 2.45) is 0 Å². The van der Waals surface area contributed by atoms with Gasteiger partial charge >= 0.3 is 5.97 Å². The first-order chi connectivity index (χ1) is 17.3. The lowest BCUT2D eigenvalue weighted by atomic mass is 10.1. The second-order valence-electron chi connectivity index (χ2n) is 12.7. The molecular formula is C31H46O4Si2. The third kappa shape index (κ3) is 6.91. The Hall–Kier alpha value is -2.00. The molecule has 6 heteroatoms. The van der Waals surface area contributed by atoms with Gasteiger partial charge in [-0.05, 0) is 46.4 Å². The van der Waals surface area contributed by atoms with Crippen LogP contribution in [0.5, 0.6) is 0 Å². The quantitative estimate of drug-likeness (QED) is 0.226. The minimum absolute atomic E-state index is 0.0593. The minimum atomic E-state index is -2.84.